The monoisotopic (exact) mass is 399 g/mol. The number of nitrogens with one attached hydrogen (secondary N) is 1. The molecular formula is C16H12BrClFNO3. The number of amides is 1. The topological polar surface area (TPSA) is 55.4 Å². The summed E-state index contributed by atoms with van der Waals surface area (Å²) in [5.74, 6) is -1.50. The zero-order chi connectivity index (χ0) is 16.8. The summed E-state index contributed by atoms with van der Waals surface area (Å²) >= 11 is 9.14. The van der Waals surface area contributed by atoms with E-state index in [1.807, 2.05) is 0 Å². The van der Waals surface area contributed by atoms with E-state index in [1.54, 1.807) is 24.3 Å². The van der Waals surface area contributed by atoms with Crippen LogP contribution in [-0.2, 0) is 16.1 Å². The highest BCUT2D eigenvalue weighted by Gasteiger charge is 2.14. The molecule has 0 saturated heterocycles. The van der Waals surface area contributed by atoms with Crippen LogP contribution in [0.5, 0.6) is 0 Å². The van der Waals surface area contributed by atoms with Crippen LogP contribution in [0.4, 0.5) is 4.39 Å². The van der Waals surface area contributed by atoms with Crippen LogP contribution in [0.1, 0.15) is 15.9 Å². The van der Waals surface area contributed by atoms with Gasteiger partial charge in [-0.1, -0.05) is 39.7 Å². The van der Waals surface area contributed by atoms with Gasteiger partial charge in [0, 0.05) is 11.0 Å². The van der Waals surface area contributed by atoms with Crippen molar-refractivity contribution in [2.75, 3.05) is 6.61 Å². The predicted molar refractivity (Wildman–Crippen MR) is 87.7 cm³/mol. The molecule has 0 fully saturated rings. The van der Waals surface area contributed by atoms with Gasteiger partial charge in [0.1, 0.15) is 5.82 Å². The highest BCUT2D eigenvalue weighted by molar-refractivity contribution is 9.10. The normalized spacial score (nSPS) is 10.2. The van der Waals surface area contributed by atoms with Gasteiger partial charge in [0.05, 0.1) is 10.6 Å². The molecule has 0 bridgehead atoms. The van der Waals surface area contributed by atoms with Gasteiger partial charge >= 0.3 is 5.97 Å². The van der Waals surface area contributed by atoms with Gasteiger partial charge in [-0.2, -0.15) is 0 Å². The molecule has 1 N–H and O–H groups in total. The number of benzene rings is 2. The molecule has 0 atom stereocenters. The van der Waals surface area contributed by atoms with E-state index in [-0.39, 0.29) is 22.9 Å². The van der Waals surface area contributed by atoms with Crippen molar-refractivity contribution >= 4 is 39.4 Å². The maximum absolute atomic E-state index is 12.8. The van der Waals surface area contributed by atoms with Gasteiger partial charge in [0.25, 0.3) is 5.91 Å². The van der Waals surface area contributed by atoms with E-state index >= 15 is 0 Å². The molecule has 4 nitrogen and oxygen atoms in total. The summed E-state index contributed by atoms with van der Waals surface area (Å²) in [6.07, 6.45) is 0. The molecule has 2 aromatic carbocycles. The number of carbonyl (C=O) groups is 2. The second kappa shape index (κ2) is 8.08. The van der Waals surface area contributed by atoms with Crippen molar-refractivity contribution in [3.63, 3.8) is 0 Å². The molecule has 23 heavy (non-hydrogen) atoms. The molecule has 0 aliphatic rings. The third kappa shape index (κ3) is 5.33. The van der Waals surface area contributed by atoms with Crippen molar-refractivity contribution in [3.8, 4) is 0 Å². The van der Waals surface area contributed by atoms with Crippen LogP contribution in [0.2, 0.25) is 5.02 Å². The number of hydrogen-bond acceptors (Lipinski definition) is 3. The van der Waals surface area contributed by atoms with E-state index in [1.165, 1.54) is 18.2 Å². The average molecular weight is 401 g/mol. The Morgan fingerprint density at radius 2 is 1.87 bits per heavy atom. The Labute approximate surface area is 145 Å². The van der Waals surface area contributed by atoms with E-state index in [4.69, 9.17) is 16.3 Å². The van der Waals surface area contributed by atoms with Gasteiger partial charge in [0.15, 0.2) is 6.61 Å². The fourth-order valence-electron chi connectivity index (χ4n) is 1.72. The van der Waals surface area contributed by atoms with Gasteiger partial charge in [-0.3, -0.25) is 4.79 Å². The Hall–Kier alpha value is -1.92. The van der Waals surface area contributed by atoms with Gasteiger partial charge < -0.3 is 10.1 Å². The molecule has 0 saturated carbocycles. The Morgan fingerprint density at radius 3 is 2.57 bits per heavy atom. The molecular weight excluding hydrogens is 389 g/mol. The maximum atomic E-state index is 12.8. The first kappa shape index (κ1) is 17.4. The minimum absolute atomic E-state index is 0.173. The number of carbonyl (C=O) groups excluding carboxylic acids is 2. The minimum atomic E-state index is -0.687. The molecule has 0 aliphatic carbocycles. The molecule has 0 aromatic heterocycles. The molecule has 2 aromatic rings. The summed E-state index contributed by atoms with van der Waals surface area (Å²) in [6.45, 7) is -0.211. The summed E-state index contributed by atoms with van der Waals surface area (Å²) in [5.41, 5.74) is 0.911. The van der Waals surface area contributed by atoms with Crippen LogP contribution in [-0.4, -0.2) is 18.5 Å². The molecule has 2 rings (SSSR count). The lowest BCUT2D eigenvalue weighted by atomic mass is 10.2. The van der Waals surface area contributed by atoms with E-state index in [9.17, 15) is 14.0 Å². The van der Waals surface area contributed by atoms with Crippen LogP contribution in [0.25, 0.3) is 0 Å². The van der Waals surface area contributed by atoms with Crippen LogP contribution in [0, 0.1) is 5.82 Å². The molecule has 0 heterocycles. The van der Waals surface area contributed by atoms with E-state index < -0.39 is 18.5 Å². The van der Waals surface area contributed by atoms with Crippen molar-refractivity contribution in [3.05, 3.63) is 68.9 Å². The van der Waals surface area contributed by atoms with Gasteiger partial charge in [-0.15, -0.1) is 0 Å². The SMILES string of the molecule is O=C(COC(=O)c1cc(Br)ccc1Cl)NCc1ccc(F)cc1. The Morgan fingerprint density at radius 1 is 1.17 bits per heavy atom. The van der Waals surface area contributed by atoms with E-state index in [2.05, 4.69) is 21.2 Å². The van der Waals surface area contributed by atoms with Crippen LogP contribution in [0.3, 0.4) is 0 Å². The summed E-state index contributed by atoms with van der Waals surface area (Å²) in [7, 11) is 0. The summed E-state index contributed by atoms with van der Waals surface area (Å²) < 4.78 is 18.4. The quantitative estimate of drug-likeness (QED) is 0.779. The van der Waals surface area contributed by atoms with Crippen molar-refractivity contribution in [1.82, 2.24) is 5.32 Å². The Balaban J connectivity index is 1.83. The smallest absolute Gasteiger partial charge is 0.340 e. The highest BCUT2D eigenvalue weighted by atomic mass is 79.9. The molecule has 0 radical (unpaired) electrons. The molecule has 120 valence electrons. The Bertz CT molecular complexity index is 722. The van der Waals surface area contributed by atoms with Gasteiger partial charge in [0.2, 0.25) is 0 Å². The van der Waals surface area contributed by atoms with Gasteiger partial charge in [-0.05, 0) is 35.9 Å². The summed E-state index contributed by atoms with van der Waals surface area (Å²) in [5, 5.41) is 2.81. The molecule has 7 heteroatoms. The first-order valence-corrected chi connectivity index (χ1v) is 7.76. The first-order chi connectivity index (χ1) is 11.0. The first-order valence-electron chi connectivity index (χ1n) is 6.59. The highest BCUT2D eigenvalue weighted by Crippen LogP contribution is 2.21. The number of hydrogen-bond donors (Lipinski definition) is 1. The minimum Gasteiger partial charge on any atom is -0.452 e. The van der Waals surface area contributed by atoms with Crippen molar-refractivity contribution in [2.24, 2.45) is 0 Å². The van der Waals surface area contributed by atoms with Crippen molar-refractivity contribution in [2.45, 2.75) is 6.54 Å². The third-order valence-corrected chi connectivity index (χ3v) is 3.71. The number of rotatable bonds is 5. The average Bonchev–Trinajstić information content (AvgIpc) is 2.54. The molecule has 0 aliphatic heterocycles. The lowest BCUT2D eigenvalue weighted by Gasteiger charge is -2.08. The van der Waals surface area contributed by atoms with Crippen LogP contribution >= 0.6 is 27.5 Å². The van der Waals surface area contributed by atoms with E-state index in [0.29, 0.717) is 4.47 Å². The van der Waals surface area contributed by atoms with Crippen molar-refractivity contribution < 1.29 is 18.7 Å². The molecule has 0 unspecified atom stereocenters. The molecule has 1 amide bonds. The Kier molecular flexibility index (Phi) is 6.12. The largest absolute Gasteiger partial charge is 0.452 e. The van der Waals surface area contributed by atoms with Crippen LogP contribution < -0.4 is 5.32 Å². The predicted octanol–water partition coefficient (Wildman–Crippen LogP) is 3.71. The summed E-state index contributed by atoms with van der Waals surface area (Å²) in [6, 6.07) is 10.5. The van der Waals surface area contributed by atoms with E-state index in [0.717, 1.165) is 5.56 Å². The fraction of sp³-hybridized carbons (Fsp3) is 0.125. The number of halogens is 3. The zero-order valence-corrected chi connectivity index (χ0v) is 14.2. The number of esters is 1. The van der Waals surface area contributed by atoms with Gasteiger partial charge in [-0.25, -0.2) is 9.18 Å². The lowest BCUT2D eigenvalue weighted by Crippen LogP contribution is -2.28. The maximum Gasteiger partial charge on any atom is 0.340 e. The third-order valence-electron chi connectivity index (χ3n) is 2.89. The van der Waals surface area contributed by atoms with Crippen molar-refractivity contribution in [1.29, 1.82) is 0 Å². The molecule has 0 spiro atoms. The second-order valence-electron chi connectivity index (χ2n) is 4.60. The summed E-state index contributed by atoms with van der Waals surface area (Å²) in [4.78, 5) is 23.6. The van der Waals surface area contributed by atoms with Crippen LogP contribution in [0.15, 0.2) is 46.9 Å². The number of ether oxygens (including phenoxy) is 1. The fourth-order valence-corrected chi connectivity index (χ4v) is 2.27. The standard InChI is InChI=1S/C16H12BrClFNO3/c17-11-3-6-14(18)13(7-11)16(22)23-9-15(21)20-8-10-1-4-12(19)5-2-10/h1-7H,8-9H2,(H,20,21). The second-order valence-corrected chi connectivity index (χ2v) is 5.93. The zero-order valence-electron chi connectivity index (χ0n) is 11.8. The lowest BCUT2D eigenvalue weighted by molar-refractivity contribution is -0.124.